The van der Waals surface area contributed by atoms with Crippen LogP contribution in [0, 0.1) is 5.82 Å². The van der Waals surface area contributed by atoms with Gasteiger partial charge in [0, 0.05) is 41.9 Å². The van der Waals surface area contributed by atoms with Crippen LogP contribution in [0.3, 0.4) is 0 Å². The molecule has 3 N–H and O–H groups in total. The van der Waals surface area contributed by atoms with E-state index in [2.05, 4.69) is 26.2 Å². The van der Waals surface area contributed by atoms with Gasteiger partial charge in [0.05, 0.1) is 20.8 Å². The fraction of sp³-hybridized carbons (Fsp3) is 0.276. The van der Waals surface area contributed by atoms with E-state index in [1.807, 2.05) is 42.7 Å². The van der Waals surface area contributed by atoms with Gasteiger partial charge in [-0.2, -0.15) is 4.36 Å². The van der Waals surface area contributed by atoms with Gasteiger partial charge in [-0.05, 0) is 62.3 Å². The lowest BCUT2D eigenvalue weighted by Gasteiger charge is -2.13. The third-order valence-corrected chi connectivity index (χ3v) is 9.30. The molecule has 0 spiro atoms. The summed E-state index contributed by atoms with van der Waals surface area (Å²) in [7, 11) is 3.19. The molecule has 1 saturated heterocycles. The fourth-order valence-corrected chi connectivity index (χ4v) is 7.25. The molecule has 208 valence electrons. The number of nitrogens with one attached hydrogen (secondary N) is 1. The summed E-state index contributed by atoms with van der Waals surface area (Å²) in [5, 5.41) is 3.47. The van der Waals surface area contributed by atoms with Crippen molar-refractivity contribution in [2.24, 2.45) is 11.4 Å². The molecule has 0 bridgehead atoms. The molecule has 1 fully saturated rings. The van der Waals surface area contributed by atoms with E-state index in [0.29, 0.717) is 51.5 Å². The van der Waals surface area contributed by atoms with Gasteiger partial charge in [0.15, 0.2) is 0 Å². The first-order chi connectivity index (χ1) is 19.1. The number of fused-ring (bicyclic) bond motifs is 1. The second-order valence-corrected chi connectivity index (χ2v) is 12.8. The molecule has 1 aliphatic rings. The molecule has 11 heteroatoms. The van der Waals surface area contributed by atoms with Gasteiger partial charge in [-0.25, -0.2) is 18.6 Å². The van der Waals surface area contributed by atoms with Gasteiger partial charge in [-0.15, -0.1) is 0 Å². The van der Waals surface area contributed by atoms with Crippen molar-refractivity contribution in [1.29, 1.82) is 0 Å². The minimum Gasteiger partial charge on any atom is -0.383 e. The van der Waals surface area contributed by atoms with Crippen LogP contribution >= 0.6 is 0 Å². The van der Waals surface area contributed by atoms with Crippen LogP contribution < -0.4 is 11.1 Å². The summed E-state index contributed by atoms with van der Waals surface area (Å²) >= 11 is 0. The number of amides is 1. The zero-order valence-corrected chi connectivity index (χ0v) is 23.6. The molecule has 4 aromatic rings. The minimum absolute atomic E-state index is 0.0950. The van der Waals surface area contributed by atoms with Crippen LogP contribution in [0.4, 0.5) is 21.6 Å². The van der Waals surface area contributed by atoms with E-state index in [0.717, 1.165) is 24.1 Å². The number of halogens is 1. The summed E-state index contributed by atoms with van der Waals surface area (Å²) in [6.45, 7) is 4.31. The molecule has 5 rings (SSSR count). The Labute approximate surface area is 233 Å². The number of carbonyl (C=O) groups excluding carboxylic acids is 1. The smallest absolute Gasteiger partial charge is 0.252 e. The number of hydrogen-bond acceptors (Lipinski definition) is 7. The Morgan fingerprint density at radius 2 is 1.82 bits per heavy atom. The molecular formula is C29H32FN7O2S. The number of aromatic nitrogens is 3. The number of likely N-dealkylation sites (N-methyl/N-ethyl adjacent to an activating group) is 1. The third-order valence-electron chi connectivity index (χ3n) is 6.92. The quantitative estimate of drug-likeness (QED) is 0.308. The lowest BCUT2D eigenvalue weighted by atomic mass is 9.98. The van der Waals surface area contributed by atoms with Gasteiger partial charge in [-0.3, -0.25) is 4.79 Å². The molecule has 0 radical (unpaired) electrons. The van der Waals surface area contributed by atoms with Gasteiger partial charge < -0.3 is 20.5 Å². The highest BCUT2D eigenvalue weighted by Gasteiger charge is 2.23. The average Bonchev–Trinajstić information content (AvgIpc) is 3.47. The van der Waals surface area contributed by atoms with Crippen molar-refractivity contribution >= 4 is 43.9 Å². The molecule has 1 amide bonds. The molecule has 3 heterocycles. The standard InChI is InChI=1S/C29H32FN7O2S/c1-18(16-36(2)3)29(38)34-21-10-7-19(8-11-21)26-24(25-27(31)32-17-33-28(25)37(26)4)20-9-12-23(22(30)15-20)35-40(39)13-5-6-14-40/h7-12,15,17H,1,5-6,13-14,16H2,2-4H3,(H,34,38)(H2,31,32,33). The molecular weight excluding hydrogens is 529 g/mol. The van der Waals surface area contributed by atoms with Gasteiger partial charge >= 0.3 is 0 Å². The number of nitrogens with zero attached hydrogens (tertiary/aromatic N) is 5. The lowest BCUT2D eigenvalue weighted by Crippen LogP contribution is -2.23. The topological polar surface area (TPSA) is 118 Å². The Bertz CT molecular complexity index is 1740. The summed E-state index contributed by atoms with van der Waals surface area (Å²) in [6.07, 6.45) is 3.08. The van der Waals surface area contributed by atoms with Crippen LogP contribution in [0.1, 0.15) is 12.8 Å². The number of aryl methyl sites for hydroxylation is 1. The number of carbonyl (C=O) groups is 1. The molecule has 2 aromatic heterocycles. The highest BCUT2D eigenvalue weighted by molar-refractivity contribution is 7.93. The molecule has 0 unspecified atom stereocenters. The van der Waals surface area contributed by atoms with Crippen LogP contribution in [0.2, 0.25) is 0 Å². The van der Waals surface area contributed by atoms with E-state index in [1.54, 1.807) is 24.3 Å². The van der Waals surface area contributed by atoms with E-state index in [-0.39, 0.29) is 17.4 Å². The van der Waals surface area contributed by atoms with Crippen LogP contribution in [0.25, 0.3) is 33.4 Å². The maximum Gasteiger partial charge on any atom is 0.252 e. The maximum atomic E-state index is 15.4. The third kappa shape index (κ3) is 5.34. The highest BCUT2D eigenvalue weighted by atomic mass is 32.2. The van der Waals surface area contributed by atoms with Crippen molar-refractivity contribution in [3.63, 3.8) is 0 Å². The van der Waals surface area contributed by atoms with E-state index < -0.39 is 15.5 Å². The van der Waals surface area contributed by atoms with Crippen molar-refractivity contribution in [3.05, 3.63) is 66.8 Å². The van der Waals surface area contributed by atoms with Gasteiger partial charge in [-0.1, -0.05) is 24.8 Å². The molecule has 0 atom stereocenters. The van der Waals surface area contributed by atoms with E-state index in [9.17, 15) is 9.00 Å². The number of rotatable bonds is 7. The Balaban J connectivity index is 1.57. The second kappa shape index (κ2) is 10.8. The largest absolute Gasteiger partial charge is 0.383 e. The Hall–Kier alpha value is -4.09. The van der Waals surface area contributed by atoms with Crippen molar-refractivity contribution in [3.8, 4) is 22.4 Å². The summed E-state index contributed by atoms with van der Waals surface area (Å²) in [5.41, 5.74) is 10.9. The predicted octanol–water partition coefficient (Wildman–Crippen LogP) is 4.97. The average molecular weight is 562 g/mol. The number of nitrogen functional groups attached to an aromatic ring is 1. The predicted molar refractivity (Wildman–Crippen MR) is 159 cm³/mol. The van der Waals surface area contributed by atoms with Crippen LogP contribution in [0.15, 0.2) is 65.3 Å². The maximum absolute atomic E-state index is 15.4. The fourth-order valence-electron chi connectivity index (χ4n) is 5.04. The molecule has 0 aliphatic carbocycles. The van der Waals surface area contributed by atoms with Crippen molar-refractivity contribution in [2.45, 2.75) is 12.8 Å². The van der Waals surface area contributed by atoms with E-state index >= 15 is 4.39 Å². The zero-order chi connectivity index (χ0) is 28.6. The SMILES string of the molecule is C=C(CN(C)C)C(=O)Nc1ccc(-c2c(-c3ccc(N=S4(=O)CCCC4)c(F)c3)c3c(N)ncnc3n2C)cc1. The summed E-state index contributed by atoms with van der Waals surface area (Å²) in [6, 6.07) is 12.1. The monoisotopic (exact) mass is 561 g/mol. The number of benzene rings is 2. The van der Waals surface area contributed by atoms with Crippen molar-refractivity contribution in [2.75, 3.05) is 43.2 Å². The van der Waals surface area contributed by atoms with Crippen LogP contribution in [-0.2, 0) is 21.6 Å². The first kappa shape index (κ1) is 27.5. The number of anilines is 2. The Morgan fingerprint density at radius 3 is 2.48 bits per heavy atom. The molecule has 1 aliphatic heterocycles. The summed E-state index contributed by atoms with van der Waals surface area (Å²) < 4.78 is 34.5. The second-order valence-electron chi connectivity index (χ2n) is 10.3. The molecule has 2 aromatic carbocycles. The molecule has 0 saturated carbocycles. The first-order valence-electron chi connectivity index (χ1n) is 12.9. The highest BCUT2D eigenvalue weighted by Crippen LogP contribution is 2.42. The Morgan fingerprint density at radius 1 is 1.15 bits per heavy atom. The number of nitrogens with two attached hydrogens (primary N) is 1. The van der Waals surface area contributed by atoms with E-state index in [1.165, 1.54) is 12.4 Å². The molecule has 40 heavy (non-hydrogen) atoms. The zero-order valence-electron chi connectivity index (χ0n) is 22.8. The normalized spacial score (nSPS) is 14.5. The lowest BCUT2D eigenvalue weighted by molar-refractivity contribution is -0.113. The Kier molecular flexibility index (Phi) is 7.43. The summed E-state index contributed by atoms with van der Waals surface area (Å²) in [4.78, 5) is 23.0. The molecule has 9 nitrogen and oxygen atoms in total. The van der Waals surface area contributed by atoms with Gasteiger partial charge in [0.25, 0.3) is 5.91 Å². The van der Waals surface area contributed by atoms with Crippen LogP contribution in [0.5, 0.6) is 0 Å². The van der Waals surface area contributed by atoms with Crippen LogP contribution in [-0.4, -0.2) is 61.7 Å². The van der Waals surface area contributed by atoms with Crippen molar-refractivity contribution in [1.82, 2.24) is 19.4 Å². The first-order valence-corrected chi connectivity index (χ1v) is 14.8. The minimum atomic E-state index is -2.42. The van der Waals surface area contributed by atoms with Gasteiger partial charge in [0.2, 0.25) is 0 Å². The number of hydrogen-bond donors (Lipinski definition) is 2. The van der Waals surface area contributed by atoms with Gasteiger partial charge in [0.1, 0.15) is 29.3 Å². The van der Waals surface area contributed by atoms with Crippen molar-refractivity contribution < 1.29 is 13.4 Å². The summed E-state index contributed by atoms with van der Waals surface area (Å²) in [5.74, 6) is 0.454. The van der Waals surface area contributed by atoms with E-state index in [4.69, 9.17) is 5.73 Å².